The summed E-state index contributed by atoms with van der Waals surface area (Å²) >= 11 is 5.97. The molecular weight excluding hydrogens is 372 g/mol. The molecule has 0 heterocycles. The standard InChI is InChI=1S/C23H29ClN2O2/c1-17(2)13-14-25-23(28)18(3)26(16-20-9-11-21(24)12-10-20)22(27)15-19-7-5-4-6-8-19/h4-12,17-18H,13-16H2,1-3H3,(H,25,28)/t18-/m1/s1. The van der Waals surface area contributed by atoms with E-state index in [1.807, 2.05) is 42.5 Å². The zero-order valence-electron chi connectivity index (χ0n) is 16.8. The van der Waals surface area contributed by atoms with Gasteiger partial charge in [-0.25, -0.2) is 0 Å². The van der Waals surface area contributed by atoms with E-state index >= 15 is 0 Å². The van der Waals surface area contributed by atoms with Crippen molar-refractivity contribution in [2.75, 3.05) is 6.54 Å². The van der Waals surface area contributed by atoms with E-state index in [1.165, 1.54) is 0 Å². The van der Waals surface area contributed by atoms with Gasteiger partial charge in [0, 0.05) is 18.1 Å². The number of amides is 2. The maximum Gasteiger partial charge on any atom is 0.242 e. The third kappa shape index (κ3) is 7.01. The Bertz CT molecular complexity index is 760. The summed E-state index contributed by atoms with van der Waals surface area (Å²) in [6.07, 6.45) is 1.17. The van der Waals surface area contributed by atoms with Gasteiger partial charge in [-0.1, -0.05) is 67.9 Å². The van der Waals surface area contributed by atoms with Gasteiger partial charge in [0.1, 0.15) is 6.04 Å². The smallest absolute Gasteiger partial charge is 0.242 e. The summed E-state index contributed by atoms with van der Waals surface area (Å²) in [4.78, 5) is 27.3. The molecule has 0 bridgehead atoms. The minimum absolute atomic E-state index is 0.0762. The van der Waals surface area contributed by atoms with Gasteiger partial charge in [-0.05, 0) is 42.5 Å². The SMILES string of the molecule is CC(C)CCNC(=O)[C@@H](C)N(Cc1ccc(Cl)cc1)C(=O)Cc1ccccc1. The molecule has 0 saturated carbocycles. The summed E-state index contributed by atoms with van der Waals surface area (Å²) in [7, 11) is 0. The number of carbonyl (C=O) groups excluding carboxylic acids is 2. The maximum atomic E-state index is 13.0. The Morgan fingerprint density at radius 2 is 1.61 bits per heavy atom. The molecule has 2 aromatic rings. The van der Waals surface area contributed by atoms with Crippen LogP contribution in [-0.4, -0.2) is 29.3 Å². The summed E-state index contributed by atoms with van der Waals surface area (Å²) in [6.45, 7) is 6.99. The van der Waals surface area contributed by atoms with Crippen LogP contribution in [-0.2, 0) is 22.6 Å². The molecule has 1 atom stereocenters. The lowest BCUT2D eigenvalue weighted by molar-refractivity contribution is -0.140. The van der Waals surface area contributed by atoms with Crippen LogP contribution in [0.1, 0.15) is 38.3 Å². The largest absolute Gasteiger partial charge is 0.354 e. The van der Waals surface area contributed by atoms with E-state index in [4.69, 9.17) is 11.6 Å². The second-order valence-corrected chi connectivity index (χ2v) is 7.90. The summed E-state index contributed by atoms with van der Waals surface area (Å²) < 4.78 is 0. The van der Waals surface area contributed by atoms with Gasteiger partial charge in [0.25, 0.3) is 0 Å². The number of hydrogen-bond acceptors (Lipinski definition) is 2. The van der Waals surface area contributed by atoms with Crippen LogP contribution in [0.15, 0.2) is 54.6 Å². The normalized spacial score (nSPS) is 11.9. The molecular formula is C23H29ClN2O2. The molecule has 2 rings (SSSR count). The zero-order valence-corrected chi connectivity index (χ0v) is 17.6. The van der Waals surface area contributed by atoms with Crippen LogP contribution in [0.3, 0.4) is 0 Å². The molecule has 0 aliphatic carbocycles. The van der Waals surface area contributed by atoms with E-state index < -0.39 is 6.04 Å². The number of hydrogen-bond donors (Lipinski definition) is 1. The molecule has 0 fully saturated rings. The fourth-order valence-corrected chi connectivity index (χ4v) is 3.00. The summed E-state index contributed by atoms with van der Waals surface area (Å²) in [5.74, 6) is 0.309. The minimum atomic E-state index is -0.556. The first-order chi connectivity index (χ1) is 13.4. The van der Waals surface area contributed by atoms with E-state index in [0.717, 1.165) is 17.5 Å². The summed E-state index contributed by atoms with van der Waals surface area (Å²) in [5, 5.41) is 3.60. The van der Waals surface area contributed by atoms with Gasteiger partial charge in [0.15, 0.2) is 0 Å². The number of nitrogens with zero attached hydrogens (tertiary/aromatic N) is 1. The second kappa shape index (κ2) is 10.9. The quantitative estimate of drug-likeness (QED) is 0.675. The summed E-state index contributed by atoms with van der Waals surface area (Å²) in [6, 6.07) is 16.4. The van der Waals surface area contributed by atoms with Crippen molar-refractivity contribution in [2.24, 2.45) is 5.92 Å². The minimum Gasteiger partial charge on any atom is -0.354 e. The van der Waals surface area contributed by atoms with Crippen LogP contribution >= 0.6 is 11.6 Å². The van der Waals surface area contributed by atoms with Crippen molar-refractivity contribution in [3.63, 3.8) is 0 Å². The Labute approximate surface area is 172 Å². The van der Waals surface area contributed by atoms with Crippen LogP contribution in [0, 0.1) is 5.92 Å². The van der Waals surface area contributed by atoms with E-state index in [-0.39, 0.29) is 18.2 Å². The van der Waals surface area contributed by atoms with Gasteiger partial charge in [-0.15, -0.1) is 0 Å². The topological polar surface area (TPSA) is 49.4 Å². The first-order valence-corrected chi connectivity index (χ1v) is 10.1. The predicted octanol–water partition coefficient (Wildman–Crippen LogP) is 4.46. The molecule has 0 radical (unpaired) electrons. The molecule has 2 aromatic carbocycles. The first kappa shape index (κ1) is 22.0. The molecule has 0 aromatic heterocycles. The highest BCUT2D eigenvalue weighted by molar-refractivity contribution is 6.30. The van der Waals surface area contributed by atoms with E-state index in [9.17, 15) is 9.59 Å². The third-order valence-electron chi connectivity index (χ3n) is 4.65. The fraction of sp³-hybridized carbons (Fsp3) is 0.391. The Hall–Kier alpha value is -2.33. The lowest BCUT2D eigenvalue weighted by Gasteiger charge is -2.29. The number of rotatable bonds is 9. The highest BCUT2D eigenvalue weighted by Gasteiger charge is 2.26. The highest BCUT2D eigenvalue weighted by Crippen LogP contribution is 2.15. The van der Waals surface area contributed by atoms with Gasteiger partial charge in [-0.3, -0.25) is 9.59 Å². The van der Waals surface area contributed by atoms with Crippen LogP contribution in [0.4, 0.5) is 0 Å². The highest BCUT2D eigenvalue weighted by atomic mass is 35.5. The number of benzene rings is 2. The van der Waals surface area contributed by atoms with Crippen molar-refractivity contribution in [3.8, 4) is 0 Å². The first-order valence-electron chi connectivity index (χ1n) is 9.72. The van der Waals surface area contributed by atoms with Crippen molar-refractivity contribution < 1.29 is 9.59 Å². The Morgan fingerprint density at radius 1 is 0.964 bits per heavy atom. The molecule has 0 aliphatic rings. The van der Waals surface area contributed by atoms with Crippen molar-refractivity contribution in [2.45, 2.75) is 46.2 Å². The fourth-order valence-electron chi connectivity index (χ4n) is 2.87. The number of carbonyl (C=O) groups is 2. The maximum absolute atomic E-state index is 13.0. The molecule has 4 nitrogen and oxygen atoms in total. The van der Waals surface area contributed by atoms with Gasteiger partial charge < -0.3 is 10.2 Å². The number of halogens is 1. The average molecular weight is 401 g/mol. The predicted molar refractivity (Wildman–Crippen MR) is 114 cm³/mol. The van der Waals surface area contributed by atoms with E-state index in [2.05, 4.69) is 19.2 Å². The molecule has 2 amide bonds. The third-order valence-corrected chi connectivity index (χ3v) is 4.90. The molecule has 1 N–H and O–H groups in total. The van der Waals surface area contributed by atoms with Crippen molar-refractivity contribution in [1.29, 1.82) is 0 Å². The molecule has 150 valence electrons. The monoisotopic (exact) mass is 400 g/mol. The lowest BCUT2D eigenvalue weighted by atomic mass is 10.1. The van der Waals surface area contributed by atoms with Crippen molar-refractivity contribution in [3.05, 3.63) is 70.7 Å². The summed E-state index contributed by atoms with van der Waals surface area (Å²) in [5.41, 5.74) is 1.87. The van der Waals surface area contributed by atoms with Crippen LogP contribution in [0.5, 0.6) is 0 Å². The van der Waals surface area contributed by atoms with Crippen molar-refractivity contribution >= 4 is 23.4 Å². The average Bonchev–Trinajstić information content (AvgIpc) is 2.67. The van der Waals surface area contributed by atoms with Crippen LogP contribution in [0.25, 0.3) is 0 Å². The Balaban J connectivity index is 2.13. The lowest BCUT2D eigenvalue weighted by Crippen LogP contribution is -2.48. The van der Waals surface area contributed by atoms with Gasteiger partial charge in [0.05, 0.1) is 6.42 Å². The van der Waals surface area contributed by atoms with Gasteiger partial charge in [-0.2, -0.15) is 0 Å². The van der Waals surface area contributed by atoms with Crippen LogP contribution in [0.2, 0.25) is 5.02 Å². The van der Waals surface area contributed by atoms with Crippen LogP contribution < -0.4 is 5.32 Å². The molecule has 0 unspecified atom stereocenters. The molecule has 0 spiro atoms. The number of nitrogens with one attached hydrogen (secondary N) is 1. The molecule has 5 heteroatoms. The van der Waals surface area contributed by atoms with Crippen molar-refractivity contribution in [1.82, 2.24) is 10.2 Å². The second-order valence-electron chi connectivity index (χ2n) is 7.46. The molecule has 0 saturated heterocycles. The Morgan fingerprint density at radius 3 is 2.21 bits per heavy atom. The molecule has 28 heavy (non-hydrogen) atoms. The zero-order chi connectivity index (χ0) is 20.5. The van der Waals surface area contributed by atoms with Gasteiger partial charge in [0.2, 0.25) is 11.8 Å². The van der Waals surface area contributed by atoms with E-state index in [0.29, 0.717) is 24.0 Å². The molecule has 0 aliphatic heterocycles. The Kier molecular flexibility index (Phi) is 8.52. The van der Waals surface area contributed by atoms with Gasteiger partial charge >= 0.3 is 0 Å². The van der Waals surface area contributed by atoms with E-state index in [1.54, 1.807) is 24.0 Å².